The molecule has 0 saturated carbocycles. The Hall–Kier alpha value is -2.13. The first-order valence-corrected chi connectivity index (χ1v) is 7.42. The number of rotatable bonds is 3. The van der Waals surface area contributed by atoms with E-state index >= 15 is 0 Å². The molecule has 0 bridgehead atoms. The van der Waals surface area contributed by atoms with Crippen LogP contribution in [0, 0.1) is 0 Å². The maximum absolute atomic E-state index is 6.14. The summed E-state index contributed by atoms with van der Waals surface area (Å²) in [6.45, 7) is 2.14. The Balaban J connectivity index is 1.96. The van der Waals surface area contributed by atoms with Crippen molar-refractivity contribution in [3.05, 3.63) is 66.2 Å². The van der Waals surface area contributed by atoms with Gasteiger partial charge in [0, 0.05) is 27.7 Å². The minimum absolute atomic E-state index is 0.198. The zero-order valence-electron chi connectivity index (χ0n) is 11.9. The molecule has 3 aromatic carbocycles. The van der Waals surface area contributed by atoms with Gasteiger partial charge >= 0.3 is 0 Å². The van der Waals surface area contributed by atoms with Crippen molar-refractivity contribution in [1.29, 1.82) is 0 Å². The molecular weight excluding hydrogens is 276 g/mol. The third-order valence-corrected chi connectivity index (χ3v) is 4.00. The van der Waals surface area contributed by atoms with Crippen LogP contribution in [-0.2, 0) is 0 Å². The Kier molecular flexibility index (Phi) is 3.76. The van der Waals surface area contributed by atoms with Crippen molar-refractivity contribution in [2.75, 3.05) is 11.1 Å². The molecule has 0 aliphatic heterocycles. The number of hydrogen-bond donors (Lipinski definition) is 3. The number of nitrogen functional groups attached to an aromatic ring is 1. The summed E-state index contributed by atoms with van der Waals surface area (Å²) in [5.41, 5.74) is 9.23. The van der Waals surface area contributed by atoms with Gasteiger partial charge in [-0.3, -0.25) is 0 Å². The summed E-state index contributed by atoms with van der Waals surface area (Å²) in [5, 5.41) is 5.79. The molecule has 0 amide bonds. The van der Waals surface area contributed by atoms with Crippen molar-refractivity contribution in [1.82, 2.24) is 0 Å². The molecule has 21 heavy (non-hydrogen) atoms. The first kappa shape index (κ1) is 13.8. The molecule has 106 valence electrons. The van der Waals surface area contributed by atoms with Gasteiger partial charge in [-0.25, -0.2) is 0 Å². The molecule has 0 fully saturated rings. The van der Waals surface area contributed by atoms with Crippen LogP contribution < -0.4 is 11.1 Å². The van der Waals surface area contributed by atoms with Crippen molar-refractivity contribution in [2.45, 2.75) is 17.9 Å². The van der Waals surface area contributed by atoms with E-state index in [1.807, 2.05) is 30.3 Å². The molecule has 0 aliphatic carbocycles. The van der Waals surface area contributed by atoms with Crippen LogP contribution in [0.15, 0.2) is 65.6 Å². The minimum Gasteiger partial charge on any atom is -0.398 e. The third-order valence-electron chi connectivity index (χ3n) is 3.70. The number of nitrogens with two attached hydrogens (primary N) is 1. The molecule has 3 rings (SSSR count). The van der Waals surface area contributed by atoms with Gasteiger partial charge in [0.2, 0.25) is 0 Å². The summed E-state index contributed by atoms with van der Waals surface area (Å²) in [4.78, 5) is 0.973. The summed E-state index contributed by atoms with van der Waals surface area (Å²) in [5.74, 6) is 0. The predicted molar refractivity (Wildman–Crippen MR) is 94.1 cm³/mol. The number of anilines is 2. The van der Waals surface area contributed by atoms with Crippen LogP contribution in [0.3, 0.4) is 0 Å². The van der Waals surface area contributed by atoms with Crippen LogP contribution in [0.5, 0.6) is 0 Å². The van der Waals surface area contributed by atoms with E-state index in [-0.39, 0.29) is 6.04 Å². The smallest absolute Gasteiger partial charge is 0.0485 e. The average molecular weight is 294 g/mol. The Labute approximate surface area is 130 Å². The molecule has 0 aromatic heterocycles. The zero-order chi connectivity index (χ0) is 14.8. The van der Waals surface area contributed by atoms with Gasteiger partial charge in [-0.15, -0.1) is 12.6 Å². The molecule has 0 aliphatic rings. The molecule has 3 aromatic rings. The third kappa shape index (κ3) is 2.83. The Morgan fingerprint density at radius 1 is 0.952 bits per heavy atom. The number of thiol groups is 1. The Morgan fingerprint density at radius 3 is 2.33 bits per heavy atom. The molecule has 3 heteroatoms. The van der Waals surface area contributed by atoms with E-state index < -0.39 is 0 Å². The van der Waals surface area contributed by atoms with Gasteiger partial charge in [0.1, 0.15) is 0 Å². The Morgan fingerprint density at radius 2 is 1.62 bits per heavy atom. The minimum atomic E-state index is 0.198. The fourth-order valence-corrected chi connectivity index (χ4v) is 2.72. The fraction of sp³-hybridized carbons (Fsp3) is 0.111. The molecule has 0 heterocycles. The molecule has 0 radical (unpaired) electrons. The number of fused-ring (bicyclic) bond motifs is 1. The molecule has 3 N–H and O–H groups in total. The van der Waals surface area contributed by atoms with Gasteiger partial charge in [0.25, 0.3) is 0 Å². The zero-order valence-corrected chi connectivity index (χ0v) is 12.8. The molecule has 1 unspecified atom stereocenters. The van der Waals surface area contributed by atoms with Crippen molar-refractivity contribution < 1.29 is 0 Å². The van der Waals surface area contributed by atoms with Gasteiger partial charge in [0.05, 0.1) is 0 Å². The van der Waals surface area contributed by atoms with E-state index in [4.69, 9.17) is 5.73 Å². The topological polar surface area (TPSA) is 38.0 Å². The molecular formula is C18H18N2S. The van der Waals surface area contributed by atoms with Gasteiger partial charge < -0.3 is 11.1 Å². The number of benzene rings is 3. The van der Waals surface area contributed by atoms with E-state index in [9.17, 15) is 0 Å². The second kappa shape index (κ2) is 5.70. The first-order valence-electron chi connectivity index (χ1n) is 6.98. The van der Waals surface area contributed by atoms with Crippen LogP contribution in [0.4, 0.5) is 11.4 Å². The highest BCUT2D eigenvalue weighted by Gasteiger charge is 2.09. The summed E-state index contributed by atoms with van der Waals surface area (Å²) in [6, 6.07) is 20.6. The highest BCUT2D eigenvalue weighted by molar-refractivity contribution is 7.80. The van der Waals surface area contributed by atoms with Gasteiger partial charge in [-0.05, 0) is 42.1 Å². The summed E-state index contributed by atoms with van der Waals surface area (Å²) >= 11 is 4.32. The highest BCUT2D eigenvalue weighted by atomic mass is 32.1. The van der Waals surface area contributed by atoms with E-state index in [2.05, 4.69) is 55.2 Å². The van der Waals surface area contributed by atoms with Crippen LogP contribution in [-0.4, -0.2) is 0 Å². The fourth-order valence-electron chi connectivity index (χ4n) is 2.57. The lowest BCUT2D eigenvalue weighted by Gasteiger charge is -2.18. The molecule has 0 saturated heterocycles. The van der Waals surface area contributed by atoms with E-state index in [0.29, 0.717) is 0 Å². The van der Waals surface area contributed by atoms with Gasteiger partial charge in [0.15, 0.2) is 0 Å². The second-order valence-corrected chi connectivity index (χ2v) is 5.72. The highest BCUT2D eigenvalue weighted by Crippen LogP contribution is 2.31. The summed E-state index contributed by atoms with van der Waals surface area (Å²) < 4.78 is 0. The lowest BCUT2D eigenvalue weighted by molar-refractivity contribution is 0.885. The maximum Gasteiger partial charge on any atom is 0.0485 e. The lowest BCUT2D eigenvalue weighted by atomic mass is 10.0. The summed E-state index contributed by atoms with van der Waals surface area (Å²) in [6.07, 6.45) is 0. The van der Waals surface area contributed by atoms with Gasteiger partial charge in [-0.2, -0.15) is 0 Å². The molecule has 0 spiro atoms. The van der Waals surface area contributed by atoms with Crippen molar-refractivity contribution in [3.8, 4) is 0 Å². The van der Waals surface area contributed by atoms with Gasteiger partial charge in [-0.1, -0.05) is 36.4 Å². The monoisotopic (exact) mass is 294 g/mol. The number of hydrogen-bond acceptors (Lipinski definition) is 3. The van der Waals surface area contributed by atoms with Crippen LogP contribution in [0.1, 0.15) is 18.5 Å². The summed E-state index contributed by atoms with van der Waals surface area (Å²) in [7, 11) is 0. The first-order chi connectivity index (χ1) is 10.1. The van der Waals surface area contributed by atoms with Crippen molar-refractivity contribution >= 4 is 34.8 Å². The average Bonchev–Trinajstić information content (AvgIpc) is 2.48. The van der Waals surface area contributed by atoms with Crippen molar-refractivity contribution in [2.24, 2.45) is 0 Å². The molecule has 1 atom stereocenters. The van der Waals surface area contributed by atoms with Crippen molar-refractivity contribution in [3.63, 3.8) is 0 Å². The Bertz CT molecular complexity index is 761. The maximum atomic E-state index is 6.14. The largest absolute Gasteiger partial charge is 0.398 e. The SMILES string of the molecule is CC(Nc1cccc2cccc(N)c12)c1ccc(S)cc1. The van der Waals surface area contributed by atoms with Crippen LogP contribution in [0.25, 0.3) is 10.8 Å². The second-order valence-electron chi connectivity index (χ2n) is 5.21. The quantitative estimate of drug-likeness (QED) is 0.475. The molecule has 2 nitrogen and oxygen atoms in total. The standard InChI is InChI=1S/C18H18N2S/c1-12(13-8-10-15(21)11-9-13)20-17-7-3-5-14-4-2-6-16(19)18(14)17/h2-12,20-21H,19H2,1H3. The van der Waals surface area contributed by atoms with E-state index in [1.54, 1.807) is 0 Å². The lowest BCUT2D eigenvalue weighted by Crippen LogP contribution is -2.07. The predicted octanol–water partition coefficient (Wildman–Crippen LogP) is 4.88. The van der Waals surface area contributed by atoms with Crippen LogP contribution in [0.2, 0.25) is 0 Å². The van der Waals surface area contributed by atoms with E-state index in [0.717, 1.165) is 27.0 Å². The number of nitrogens with one attached hydrogen (secondary N) is 1. The van der Waals surface area contributed by atoms with E-state index in [1.165, 1.54) is 5.56 Å². The normalized spacial score (nSPS) is 12.3. The van der Waals surface area contributed by atoms with Crippen LogP contribution >= 0.6 is 12.6 Å².